The van der Waals surface area contributed by atoms with E-state index in [2.05, 4.69) is 16.1 Å². The standard InChI is InChI=1S/C13H9N2.C5H8O2.Ir/c1-2-6-10(7-3-1)13-14-11-8-4-5-9-12(11)15-13;1-4(6)3-5(2)7;/h1-6,8-9,13H;3,6H,1-2H3;/q-1;;/b;4-3-;. The number of rotatable bonds is 2. The molecule has 0 unspecified atom stereocenters. The number of carbonyl (C=O) groups excluding carboxylic acids is 1. The number of hydrogen-bond acceptors (Lipinski definition) is 4. The van der Waals surface area contributed by atoms with E-state index in [4.69, 9.17) is 5.11 Å². The number of fused-ring (bicyclic) bond motifs is 1. The van der Waals surface area contributed by atoms with Gasteiger partial charge in [-0.25, -0.2) is 0 Å². The largest absolute Gasteiger partial charge is 0.512 e. The van der Waals surface area contributed by atoms with Crippen molar-refractivity contribution in [2.75, 3.05) is 0 Å². The monoisotopic (exact) mass is 486 g/mol. The fraction of sp³-hybridized carbons (Fsp3) is 0.167. The van der Waals surface area contributed by atoms with Crippen LogP contribution in [-0.2, 0) is 24.9 Å². The Morgan fingerprint density at radius 2 is 1.65 bits per heavy atom. The first-order chi connectivity index (χ1) is 10.6. The van der Waals surface area contributed by atoms with Crippen molar-refractivity contribution in [2.45, 2.75) is 20.0 Å². The molecule has 0 amide bonds. The summed E-state index contributed by atoms with van der Waals surface area (Å²) in [5.74, 6) is -0.0625. The Morgan fingerprint density at radius 3 is 2.04 bits per heavy atom. The summed E-state index contributed by atoms with van der Waals surface area (Å²) >= 11 is 0. The molecule has 4 nitrogen and oxygen atoms in total. The number of benzene rings is 2. The Balaban J connectivity index is 0.000000287. The number of nitrogens with zero attached hydrogens (tertiary/aromatic N) is 2. The molecule has 2 aromatic rings. The van der Waals surface area contributed by atoms with Crippen molar-refractivity contribution in [3.8, 4) is 0 Å². The van der Waals surface area contributed by atoms with Crippen molar-refractivity contribution < 1.29 is 30.0 Å². The number of aliphatic hydroxyl groups is 1. The van der Waals surface area contributed by atoms with Gasteiger partial charge in [-0.2, -0.15) is 30.3 Å². The summed E-state index contributed by atoms with van der Waals surface area (Å²) in [6, 6.07) is 18.9. The molecule has 5 heteroatoms. The summed E-state index contributed by atoms with van der Waals surface area (Å²) in [5.41, 5.74) is 1.02. The van der Waals surface area contributed by atoms with Crippen LogP contribution in [0.25, 0.3) is 0 Å². The second-order valence-electron chi connectivity index (χ2n) is 4.83. The molecule has 0 saturated carbocycles. The summed E-state index contributed by atoms with van der Waals surface area (Å²) in [4.78, 5) is 19.1. The molecule has 1 aliphatic rings. The van der Waals surface area contributed by atoms with Crippen LogP contribution in [0, 0.1) is 6.07 Å². The minimum atomic E-state index is -0.125. The SMILES string of the molecule is CC(=O)/C=C(/C)O.[Ir].[c-]1ccccc1C1N=c2ccccc2=N1. The van der Waals surface area contributed by atoms with E-state index in [1.165, 1.54) is 19.9 Å². The molecule has 3 rings (SSSR count). The second-order valence-corrected chi connectivity index (χ2v) is 4.83. The van der Waals surface area contributed by atoms with Gasteiger partial charge in [-0.05, 0) is 26.0 Å². The predicted octanol–water partition coefficient (Wildman–Crippen LogP) is 2.47. The molecule has 0 saturated heterocycles. The molecular weight excluding hydrogens is 468 g/mol. The minimum Gasteiger partial charge on any atom is -0.512 e. The van der Waals surface area contributed by atoms with Gasteiger partial charge in [-0.15, -0.1) is 5.56 Å². The van der Waals surface area contributed by atoms with Crippen LogP contribution in [0.4, 0.5) is 0 Å². The van der Waals surface area contributed by atoms with Crippen LogP contribution < -0.4 is 10.7 Å². The van der Waals surface area contributed by atoms with E-state index in [0.717, 1.165) is 16.3 Å². The van der Waals surface area contributed by atoms with Gasteiger partial charge in [0.1, 0.15) is 6.17 Å². The molecule has 1 aliphatic heterocycles. The molecule has 0 atom stereocenters. The molecule has 23 heavy (non-hydrogen) atoms. The maximum absolute atomic E-state index is 10.0. The van der Waals surface area contributed by atoms with Crippen molar-refractivity contribution in [3.63, 3.8) is 0 Å². The van der Waals surface area contributed by atoms with Gasteiger partial charge in [0, 0.05) is 26.2 Å². The van der Waals surface area contributed by atoms with Crippen molar-refractivity contribution in [2.24, 2.45) is 9.98 Å². The van der Waals surface area contributed by atoms with Gasteiger partial charge in [0.15, 0.2) is 5.78 Å². The number of ketones is 1. The zero-order chi connectivity index (χ0) is 15.9. The Labute approximate surface area is 148 Å². The smallest absolute Gasteiger partial charge is 0.155 e. The van der Waals surface area contributed by atoms with Crippen LogP contribution in [-0.4, -0.2) is 10.9 Å². The van der Waals surface area contributed by atoms with E-state index in [1.54, 1.807) is 0 Å². The zero-order valence-corrected chi connectivity index (χ0v) is 15.3. The molecule has 121 valence electrons. The maximum atomic E-state index is 10.0. The first kappa shape index (κ1) is 18.9. The van der Waals surface area contributed by atoms with Gasteiger partial charge in [-0.3, -0.25) is 14.8 Å². The molecule has 0 fully saturated rings. The van der Waals surface area contributed by atoms with Crippen LogP contribution in [0.5, 0.6) is 0 Å². The molecule has 1 N–H and O–H groups in total. The van der Waals surface area contributed by atoms with E-state index in [-0.39, 0.29) is 37.8 Å². The zero-order valence-electron chi connectivity index (χ0n) is 12.9. The fourth-order valence-electron chi connectivity index (χ4n) is 1.98. The van der Waals surface area contributed by atoms with Crippen molar-refractivity contribution >= 4 is 5.78 Å². The Bertz CT molecular complexity index is 762. The van der Waals surface area contributed by atoms with Crippen LogP contribution >= 0.6 is 0 Å². The minimum absolute atomic E-state index is 0. The predicted molar refractivity (Wildman–Crippen MR) is 83.8 cm³/mol. The number of allylic oxidation sites excluding steroid dienone is 2. The molecule has 0 aliphatic carbocycles. The molecular formula is C18H17IrN2O2-. The van der Waals surface area contributed by atoms with Crippen molar-refractivity contribution in [1.29, 1.82) is 0 Å². The number of carbonyl (C=O) groups is 1. The number of para-hydroxylation sites is 2. The molecule has 0 aromatic heterocycles. The van der Waals surface area contributed by atoms with Crippen LogP contribution in [0.15, 0.2) is 70.4 Å². The summed E-state index contributed by atoms with van der Waals surface area (Å²) in [5, 5.41) is 10.3. The fourth-order valence-corrected chi connectivity index (χ4v) is 1.98. The van der Waals surface area contributed by atoms with E-state index in [1.807, 2.05) is 48.5 Å². The third-order valence-electron chi connectivity index (χ3n) is 2.83. The third-order valence-corrected chi connectivity index (χ3v) is 2.83. The Hall–Kier alpha value is -2.10. The molecule has 2 aromatic carbocycles. The summed E-state index contributed by atoms with van der Waals surface area (Å²) in [6.07, 6.45) is 1.06. The van der Waals surface area contributed by atoms with Gasteiger partial charge in [-0.1, -0.05) is 12.1 Å². The van der Waals surface area contributed by atoms with Gasteiger partial charge in [0.2, 0.25) is 0 Å². The molecule has 1 heterocycles. The van der Waals surface area contributed by atoms with E-state index in [0.29, 0.717) is 0 Å². The Kier molecular flexibility index (Phi) is 7.52. The van der Waals surface area contributed by atoms with Crippen LogP contribution in [0.2, 0.25) is 0 Å². The van der Waals surface area contributed by atoms with Gasteiger partial charge in [0.05, 0.1) is 16.5 Å². The quantitative estimate of drug-likeness (QED) is 0.404. The summed E-state index contributed by atoms with van der Waals surface area (Å²) < 4.78 is 0. The molecule has 1 radical (unpaired) electrons. The van der Waals surface area contributed by atoms with E-state index >= 15 is 0 Å². The normalized spacial score (nSPS) is 12.7. The maximum Gasteiger partial charge on any atom is 0.155 e. The van der Waals surface area contributed by atoms with Crippen LogP contribution in [0.3, 0.4) is 0 Å². The average Bonchev–Trinajstić information content (AvgIpc) is 2.91. The second kappa shape index (κ2) is 9.13. The van der Waals surface area contributed by atoms with Crippen molar-refractivity contribution in [1.82, 2.24) is 0 Å². The molecule has 0 spiro atoms. The third kappa shape index (κ3) is 5.89. The summed E-state index contributed by atoms with van der Waals surface area (Å²) in [7, 11) is 0. The number of hydrogen-bond donors (Lipinski definition) is 1. The first-order valence-electron chi connectivity index (χ1n) is 6.91. The van der Waals surface area contributed by atoms with Crippen LogP contribution in [0.1, 0.15) is 25.6 Å². The topological polar surface area (TPSA) is 62.0 Å². The summed E-state index contributed by atoms with van der Waals surface area (Å²) in [6.45, 7) is 2.85. The van der Waals surface area contributed by atoms with E-state index < -0.39 is 0 Å². The van der Waals surface area contributed by atoms with Gasteiger partial charge < -0.3 is 5.11 Å². The average molecular weight is 486 g/mol. The number of aliphatic hydroxyl groups excluding tert-OH is 1. The van der Waals surface area contributed by atoms with Gasteiger partial charge in [0.25, 0.3) is 0 Å². The van der Waals surface area contributed by atoms with Gasteiger partial charge >= 0.3 is 0 Å². The first-order valence-corrected chi connectivity index (χ1v) is 6.91. The van der Waals surface area contributed by atoms with Crippen molar-refractivity contribution in [3.05, 3.63) is 82.7 Å². The molecule has 0 bridgehead atoms. The van der Waals surface area contributed by atoms with E-state index in [9.17, 15) is 4.79 Å². The Morgan fingerprint density at radius 1 is 1.09 bits per heavy atom.